The van der Waals surface area contributed by atoms with E-state index in [0.717, 1.165) is 31.5 Å². The second-order valence-electron chi connectivity index (χ2n) is 5.84. The van der Waals surface area contributed by atoms with Crippen LogP contribution in [0.25, 0.3) is 0 Å². The van der Waals surface area contributed by atoms with E-state index in [1.165, 1.54) is 5.56 Å². The number of hydrogen-bond donors (Lipinski definition) is 0. The molecule has 0 amide bonds. The summed E-state index contributed by atoms with van der Waals surface area (Å²) in [4.78, 5) is 10.7. The zero-order valence-electron chi connectivity index (χ0n) is 14.0. The molecule has 0 aromatic carbocycles. The molecule has 23 heavy (non-hydrogen) atoms. The molecule has 0 aliphatic rings. The number of rotatable bonds is 9. The van der Waals surface area contributed by atoms with Gasteiger partial charge in [0.2, 0.25) is 5.88 Å². The second-order valence-corrected chi connectivity index (χ2v) is 5.84. The lowest BCUT2D eigenvalue weighted by atomic mass is 10.1. The smallest absolute Gasteiger partial charge is 0.213 e. The van der Waals surface area contributed by atoms with E-state index in [1.807, 2.05) is 37.4 Å². The van der Waals surface area contributed by atoms with Crippen LogP contribution in [0, 0.1) is 6.92 Å². The molecule has 0 saturated heterocycles. The van der Waals surface area contributed by atoms with E-state index in [1.54, 1.807) is 12.4 Å². The first kappa shape index (κ1) is 17.2. The van der Waals surface area contributed by atoms with Crippen molar-refractivity contribution in [1.82, 2.24) is 14.9 Å². The van der Waals surface area contributed by atoms with Crippen LogP contribution in [0.15, 0.2) is 55.5 Å². The maximum absolute atomic E-state index is 6.09. The van der Waals surface area contributed by atoms with Crippen molar-refractivity contribution >= 4 is 0 Å². The fourth-order valence-corrected chi connectivity index (χ4v) is 2.45. The molecule has 0 fully saturated rings. The SMILES string of the molecule is C=CCCC(CN(C)Cc1cccnc1)Oc1cc(C)ccn1. The quantitative estimate of drug-likeness (QED) is 0.663. The van der Waals surface area contributed by atoms with Crippen LogP contribution in [0.1, 0.15) is 24.0 Å². The number of ether oxygens (including phenoxy) is 1. The Hall–Kier alpha value is -2.20. The highest BCUT2D eigenvalue weighted by atomic mass is 16.5. The number of likely N-dealkylation sites (N-methyl/N-ethyl adjacent to an activating group) is 1. The van der Waals surface area contributed by atoms with E-state index < -0.39 is 0 Å². The fourth-order valence-electron chi connectivity index (χ4n) is 2.45. The Bertz CT molecular complexity index is 601. The van der Waals surface area contributed by atoms with E-state index >= 15 is 0 Å². The van der Waals surface area contributed by atoms with Crippen molar-refractivity contribution in [2.75, 3.05) is 13.6 Å². The lowest BCUT2D eigenvalue weighted by molar-refractivity contribution is 0.132. The van der Waals surface area contributed by atoms with E-state index in [9.17, 15) is 0 Å². The first-order chi connectivity index (χ1) is 11.2. The summed E-state index contributed by atoms with van der Waals surface area (Å²) < 4.78 is 6.09. The number of hydrogen-bond acceptors (Lipinski definition) is 4. The molecule has 1 unspecified atom stereocenters. The minimum atomic E-state index is 0.0870. The maximum Gasteiger partial charge on any atom is 0.213 e. The fraction of sp³-hybridized carbons (Fsp3) is 0.368. The van der Waals surface area contributed by atoms with Gasteiger partial charge in [-0.2, -0.15) is 0 Å². The van der Waals surface area contributed by atoms with Crippen molar-refractivity contribution in [3.63, 3.8) is 0 Å². The Morgan fingerprint density at radius 1 is 1.35 bits per heavy atom. The molecule has 0 spiro atoms. The summed E-state index contributed by atoms with van der Waals surface area (Å²) in [5, 5.41) is 0. The molecular weight excluding hydrogens is 286 g/mol. The Morgan fingerprint density at radius 2 is 2.22 bits per heavy atom. The topological polar surface area (TPSA) is 38.2 Å². The summed E-state index contributed by atoms with van der Waals surface area (Å²) in [5.74, 6) is 0.689. The van der Waals surface area contributed by atoms with Gasteiger partial charge < -0.3 is 4.74 Å². The van der Waals surface area contributed by atoms with Crippen molar-refractivity contribution in [3.8, 4) is 5.88 Å². The van der Waals surface area contributed by atoms with Crippen LogP contribution in [0.2, 0.25) is 0 Å². The summed E-state index contributed by atoms with van der Waals surface area (Å²) in [6.07, 6.45) is 9.36. The predicted octanol–water partition coefficient (Wildman–Crippen LogP) is 3.63. The molecule has 1 atom stereocenters. The molecule has 0 aliphatic heterocycles. The standard InChI is InChI=1S/C19H25N3O/c1-4-5-8-18(23-19-12-16(2)9-11-21-19)15-22(3)14-17-7-6-10-20-13-17/h4,6-7,9-13,18H,1,5,8,14-15H2,2-3H3. The molecule has 2 aromatic heterocycles. The molecule has 4 nitrogen and oxygen atoms in total. The monoisotopic (exact) mass is 311 g/mol. The molecule has 0 aliphatic carbocycles. The zero-order valence-corrected chi connectivity index (χ0v) is 14.0. The van der Waals surface area contributed by atoms with Gasteiger partial charge in [0.25, 0.3) is 0 Å². The molecule has 2 aromatic rings. The zero-order chi connectivity index (χ0) is 16.5. The van der Waals surface area contributed by atoms with Crippen LogP contribution in [0.5, 0.6) is 5.88 Å². The molecule has 0 bridgehead atoms. The number of nitrogens with zero attached hydrogens (tertiary/aromatic N) is 3. The highest BCUT2D eigenvalue weighted by molar-refractivity contribution is 5.19. The highest BCUT2D eigenvalue weighted by Crippen LogP contribution is 2.14. The van der Waals surface area contributed by atoms with E-state index in [0.29, 0.717) is 5.88 Å². The number of allylic oxidation sites excluding steroid dienone is 1. The van der Waals surface area contributed by atoms with Crippen molar-refractivity contribution in [2.24, 2.45) is 0 Å². The predicted molar refractivity (Wildman–Crippen MR) is 93.4 cm³/mol. The number of aryl methyl sites for hydroxylation is 1. The third-order valence-electron chi connectivity index (χ3n) is 3.56. The van der Waals surface area contributed by atoms with Gasteiger partial charge in [0.1, 0.15) is 6.10 Å². The molecule has 2 heterocycles. The van der Waals surface area contributed by atoms with E-state index in [2.05, 4.69) is 34.6 Å². The van der Waals surface area contributed by atoms with Gasteiger partial charge in [-0.3, -0.25) is 9.88 Å². The summed E-state index contributed by atoms with van der Waals surface area (Å²) in [6, 6.07) is 8.00. The Kier molecular flexibility index (Phi) is 6.76. The summed E-state index contributed by atoms with van der Waals surface area (Å²) in [6.45, 7) is 7.53. The van der Waals surface area contributed by atoms with Gasteiger partial charge in [0.15, 0.2) is 0 Å². The van der Waals surface area contributed by atoms with Crippen LogP contribution >= 0.6 is 0 Å². The van der Waals surface area contributed by atoms with Crippen LogP contribution in [-0.2, 0) is 6.54 Å². The van der Waals surface area contributed by atoms with Gasteiger partial charge in [0.05, 0.1) is 0 Å². The van der Waals surface area contributed by atoms with Crippen molar-refractivity contribution in [2.45, 2.75) is 32.4 Å². The van der Waals surface area contributed by atoms with Gasteiger partial charge in [-0.1, -0.05) is 12.1 Å². The molecule has 0 saturated carbocycles. The van der Waals surface area contributed by atoms with Gasteiger partial charge in [0, 0.05) is 37.7 Å². The van der Waals surface area contributed by atoms with Crippen LogP contribution in [0.4, 0.5) is 0 Å². The van der Waals surface area contributed by atoms with Gasteiger partial charge in [-0.15, -0.1) is 6.58 Å². The van der Waals surface area contributed by atoms with Gasteiger partial charge >= 0.3 is 0 Å². The molecule has 4 heteroatoms. The summed E-state index contributed by atoms with van der Waals surface area (Å²) in [5.41, 5.74) is 2.35. The van der Waals surface area contributed by atoms with E-state index in [4.69, 9.17) is 4.74 Å². The first-order valence-corrected chi connectivity index (χ1v) is 7.95. The molecule has 0 N–H and O–H groups in total. The molecule has 2 rings (SSSR count). The summed E-state index contributed by atoms with van der Waals surface area (Å²) >= 11 is 0. The Morgan fingerprint density at radius 3 is 2.91 bits per heavy atom. The van der Waals surface area contributed by atoms with Gasteiger partial charge in [-0.05, 0) is 50.1 Å². The average molecular weight is 311 g/mol. The number of aromatic nitrogens is 2. The molecule has 122 valence electrons. The third kappa shape index (κ3) is 6.20. The second kappa shape index (κ2) is 9.06. The minimum absolute atomic E-state index is 0.0870. The maximum atomic E-state index is 6.09. The highest BCUT2D eigenvalue weighted by Gasteiger charge is 2.14. The lowest BCUT2D eigenvalue weighted by Gasteiger charge is -2.24. The lowest BCUT2D eigenvalue weighted by Crippen LogP contribution is -2.33. The Balaban J connectivity index is 1.95. The normalized spacial score (nSPS) is 12.1. The van der Waals surface area contributed by atoms with Crippen LogP contribution in [0.3, 0.4) is 0 Å². The van der Waals surface area contributed by atoms with E-state index in [-0.39, 0.29) is 6.10 Å². The minimum Gasteiger partial charge on any atom is -0.473 e. The van der Waals surface area contributed by atoms with Crippen molar-refractivity contribution in [3.05, 3.63) is 66.6 Å². The third-order valence-corrected chi connectivity index (χ3v) is 3.56. The largest absolute Gasteiger partial charge is 0.473 e. The summed E-state index contributed by atoms with van der Waals surface area (Å²) in [7, 11) is 2.10. The van der Waals surface area contributed by atoms with Gasteiger partial charge in [-0.25, -0.2) is 4.98 Å². The van der Waals surface area contributed by atoms with Crippen LogP contribution in [-0.4, -0.2) is 34.6 Å². The van der Waals surface area contributed by atoms with Crippen molar-refractivity contribution in [1.29, 1.82) is 0 Å². The Labute approximate surface area is 138 Å². The average Bonchev–Trinajstić information content (AvgIpc) is 2.53. The molecule has 0 radical (unpaired) electrons. The molecular formula is C19H25N3O. The van der Waals surface area contributed by atoms with Crippen molar-refractivity contribution < 1.29 is 4.74 Å². The van der Waals surface area contributed by atoms with Crippen LogP contribution < -0.4 is 4.74 Å². The number of pyridine rings is 2. The first-order valence-electron chi connectivity index (χ1n) is 7.95.